The summed E-state index contributed by atoms with van der Waals surface area (Å²) in [6, 6.07) is 10.4. The van der Waals surface area contributed by atoms with Crippen molar-refractivity contribution in [1.82, 2.24) is 19.9 Å². The van der Waals surface area contributed by atoms with Gasteiger partial charge in [0, 0.05) is 24.8 Å². The molecule has 0 bridgehead atoms. The first-order valence-electron chi connectivity index (χ1n) is 6.66. The molecule has 0 saturated heterocycles. The Bertz CT molecular complexity index is 765. The fourth-order valence-corrected chi connectivity index (χ4v) is 2.47. The molecule has 2 aromatic heterocycles. The van der Waals surface area contributed by atoms with E-state index in [-0.39, 0.29) is 0 Å². The third-order valence-corrected chi connectivity index (χ3v) is 3.54. The fourth-order valence-electron chi connectivity index (χ4n) is 2.47. The first-order chi connectivity index (χ1) is 9.90. The smallest absolute Gasteiger partial charge is 0.160 e. The minimum Gasteiger partial charge on any atom is -0.492 e. The van der Waals surface area contributed by atoms with E-state index in [1.54, 1.807) is 6.33 Å². The number of ether oxygens (including phenoxy) is 1. The maximum atomic E-state index is 5.79. The van der Waals surface area contributed by atoms with Gasteiger partial charge >= 0.3 is 0 Å². The Kier molecular flexibility index (Phi) is 2.63. The summed E-state index contributed by atoms with van der Waals surface area (Å²) in [5.74, 6) is 0.969. The Morgan fingerprint density at radius 2 is 2.10 bits per heavy atom. The zero-order valence-corrected chi connectivity index (χ0v) is 10.9. The van der Waals surface area contributed by atoms with Gasteiger partial charge in [0.15, 0.2) is 5.65 Å². The average molecular weight is 266 g/mol. The topological polar surface area (TPSA) is 51.5 Å². The molecule has 0 atom stereocenters. The van der Waals surface area contributed by atoms with Gasteiger partial charge in [-0.05, 0) is 29.3 Å². The molecule has 0 amide bonds. The molecule has 5 heteroatoms. The lowest BCUT2D eigenvalue weighted by Crippen LogP contribution is -2.16. The molecule has 0 fully saturated rings. The zero-order valence-electron chi connectivity index (χ0n) is 10.9. The van der Waals surface area contributed by atoms with Crippen LogP contribution in [0.5, 0.6) is 5.75 Å². The molecule has 3 aromatic rings. The lowest BCUT2D eigenvalue weighted by Gasteiger charge is -2.09. The Morgan fingerprint density at radius 1 is 1.15 bits per heavy atom. The molecule has 0 radical (unpaired) electrons. The van der Waals surface area contributed by atoms with Crippen molar-refractivity contribution in [3.63, 3.8) is 0 Å². The van der Waals surface area contributed by atoms with Crippen molar-refractivity contribution in [1.29, 1.82) is 0 Å². The number of aromatic nitrogens is 3. The second-order valence-corrected chi connectivity index (χ2v) is 4.86. The van der Waals surface area contributed by atoms with Crippen molar-refractivity contribution in [2.75, 3.05) is 13.2 Å². The Morgan fingerprint density at radius 3 is 3.10 bits per heavy atom. The molecule has 100 valence electrons. The second-order valence-electron chi connectivity index (χ2n) is 4.86. The zero-order chi connectivity index (χ0) is 13.4. The minimum atomic E-state index is 0.709. The van der Waals surface area contributed by atoms with Crippen LogP contribution in [-0.4, -0.2) is 27.7 Å². The number of fused-ring (bicyclic) bond motifs is 2. The molecular formula is C15H14N4O. The summed E-state index contributed by atoms with van der Waals surface area (Å²) < 4.78 is 7.71. The molecule has 1 N–H and O–H groups in total. The third-order valence-electron chi connectivity index (χ3n) is 3.54. The quantitative estimate of drug-likeness (QED) is 0.730. The second kappa shape index (κ2) is 4.61. The number of nitrogens with one attached hydrogen (secondary N) is 1. The van der Waals surface area contributed by atoms with Crippen LogP contribution in [0.3, 0.4) is 0 Å². The highest BCUT2D eigenvalue weighted by atomic mass is 16.5. The minimum absolute atomic E-state index is 0.709. The van der Waals surface area contributed by atoms with Crippen molar-refractivity contribution in [3.8, 4) is 16.9 Å². The van der Waals surface area contributed by atoms with E-state index in [4.69, 9.17) is 4.74 Å². The highest BCUT2D eigenvalue weighted by Crippen LogP contribution is 2.28. The van der Waals surface area contributed by atoms with Gasteiger partial charge in [-0.25, -0.2) is 0 Å². The van der Waals surface area contributed by atoms with Crippen LogP contribution in [0, 0.1) is 0 Å². The lowest BCUT2D eigenvalue weighted by atomic mass is 10.0. The summed E-state index contributed by atoms with van der Waals surface area (Å²) in [7, 11) is 0. The summed E-state index contributed by atoms with van der Waals surface area (Å²) in [4.78, 5) is 0. The summed E-state index contributed by atoms with van der Waals surface area (Å²) in [6.45, 7) is 2.46. The highest BCUT2D eigenvalue weighted by Gasteiger charge is 2.10. The summed E-state index contributed by atoms with van der Waals surface area (Å²) >= 11 is 0. The van der Waals surface area contributed by atoms with Crippen molar-refractivity contribution in [2.24, 2.45) is 0 Å². The van der Waals surface area contributed by atoms with Gasteiger partial charge in [-0.2, -0.15) is 0 Å². The van der Waals surface area contributed by atoms with Gasteiger partial charge in [-0.15, -0.1) is 10.2 Å². The Labute approximate surface area is 116 Å². The van der Waals surface area contributed by atoms with Crippen molar-refractivity contribution >= 4 is 5.65 Å². The van der Waals surface area contributed by atoms with Gasteiger partial charge in [0.25, 0.3) is 0 Å². The number of hydrogen-bond acceptors (Lipinski definition) is 4. The average Bonchev–Trinajstić information content (AvgIpc) is 2.83. The predicted molar refractivity (Wildman–Crippen MR) is 75.6 cm³/mol. The van der Waals surface area contributed by atoms with Crippen LogP contribution in [0.15, 0.2) is 42.9 Å². The number of nitrogens with zero attached hydrogens (tertiary/aromatic N) is 3. The number of rotatable bonds is 1. The number of pyridine rings is 1. The third kappa shape index (κ3) is 1.92. The van der Waals surface area contributed by atoms with E-state index in [1.807, 2.05) is 16.7 Å². The van der Waals surface area contributed by atoms with Gasteiger partial charge in [-0.3, -0.25) is 4.40 Å². The van der Waals surface area contributed by atoms with Gasteiger partial charge in [0.1, 0.15) is 18.7 Å². The first-order valence-corrected chi connectivity index (χ1v) is 6.66. The van der Waals surface area contributed by atoms with Crippen LogP contribution in [0.25, 0.3) is 16.8 Å². The largest absolute Gasteiger partial charge is 0.492 e. The van der Waals surface area contributed by atoms with Crippen LogP contribution in [-0.2, 0) is 6.54 Å². The van der Waals surface area contributed by atoms with Gasteiger partial charge in [-0.1, -0.05) is 12.1 Å². The summed E-state index contributed by atoms with van der Waals surface area (Å²) in [6.07, 6.45) is 3.74. The molecule has 20 heavy (non-hydrogen) atoms. The standard InChI is InChI=1S/C15H14N4O/c1-2-12-8-16-5-6-20-14(12)7-11(1)13-3-4-15-18-17-10-19(15)9-13/h1-4,7,9-10,16H,5-6,8H2. The number of hydrogen-bond donors (Lipinski definition) is 1. The molecular weight excluding hydrogens is 252 g/mol. The monoisotopic (exact) mass is 266 g/mol. The first kappa shape index (κ1) is 11.4. The highest BCUT2D eigenvalue weighted by molar-refractivity contribution is 5.67. The maximum absolute atomic E-state index is 5.79. The van der Waals surface area contributed by atoms with E-state index in [9.17, 15) is 0 Å². The van der Waals surface area contributed by atoms with Crippen molar-refractivity contribution in [3.05, 3.63) is 48.4 Å². The SMILES string of the molecule is c1cc2c(cc1-c1ccc3nncn3c1)OCCNC2. The van der Waals surface area contributed by atoms with Crippen LogP contribution in [0.4, 0.5) is 0 Å². The van der Waals surface area contributed by atoms with E-state index in [0.29, 0.717) is 6.61 Å². The van der Waals surface area contributed by atoms with Crippen molar-refractivity contribution in [2.45, 2.75) is 6.54 Å². The fraction of sp³-hybridized carbons (Fsp3) is 0.200. The predicted octanol–water partition coefficient (Wildman–Crippen LogP) is 1.88. The molecule has 4 rings (SSSR count). The molecule has 1 aliphatic rings. The molecule has 0 spiro atoms. The Balaban J connectivity index is 1.79. The molecule has 0 saturated carbocycles. The Hall–Kier alpha value is -2.40. The lowest BCUT2D eigenvalue weighted by molar-refractivity contribution is 0.326. The van der Waals surface area contributed by atoms with E-state index in [2.05, 4.69) is 39.8 Å². The van der Waals surface area contributed by atoms with Crippen LogP contribution in [0.1, 0.15) is 5.56 Å². The molecule has 3 heterocycles. The summed E-state index contributed by atoms with van der Waals surface area (Å²) in [5, 5.41) is 11.3. The molecule has 0 aliphatic carbocycles. The van der Waals surface area contributed by atoms with Gasteiger partial charge in [0.05, 0.1) is 0 Å². The summed E-state index contributed by atoms with van der Waals surface area (Å²) in [5.41, 5.74) is 4.32. The molecule has 0 unspecified atom stereocenters. The van der Waals surface area contributed by atoms with Crippen LogP contribution >= 0.6 is 0 Å². The normalized spacial score (nSPS) is 14.6. The molecule has 5 nitrogen and oxygen atoms in total. The van der Waals surface area contributed by atoms with E-state index >= 15 is 0 Å². The van der Waals surface area contributed by atoms with Crippen LogP contribution in [0.2, 0.25) is 0 Å². The molecule has 1 aromatic carbocycles. The van der Waals surface area contributed by atoms with Crippen molar-refractivity contribution < 1.29 is 4.74 Å². The van der Waals surface area contributed by atoms with E-state index in [0.717, 1.165) is 35.6 Å². The van der Waals surface area contributed by atoms with E-state index in [1.165, 1.54) is 5.56 Å². The van der Waals surface area contributed by atoms with E-state index < -0.39 is 0 Å². The van der Waals surface area contributed by atoms with Gasteiger partial charge < -0.3 is 10.1 Å². The van der Waals surface area contributed by atoms with Gasteiger partial charge in [0.2, 0.25) is 0 Å². The van der Waals surface area contributed by atoms with Crippen LogP contribution < -0.4 is 10.1 Å². The molecule has 1 aliphatic heterocycles. The maximum Gasteiger partial charge on any atom is 0.160 e. The number of benzene rings is 1.